The highest BCUT2D eigenvalue weighted by atomic mass is 28.3. The van der Waals surface area contributed by atoms with Gasteiger partial charge in [-0.1, -0.05) is 31.8 Å². The highest BCUT2D eigenvalue weighted by Gasteiger charge is 2.23. The first-order valence-electron chi connectivity index (χ1n) is 5.64. The quantitative estimate of drug-likeness (QED) is 0.748. The summed E-state index contributed by atoms with van der Waals surface area (Å²) >= 11 is 0. The minimum absolute atomic E-state index is 0.603. The molecule has 0 spiro atoms. The van der Waals surface area contributed by atoms with E-state index in [1.807, 2.05) is 0 Å². The van der Waals surface area contributed by atoms with Crippen LogP contribution in [0.15, 0.2) is 24.3 Å². The molecule has 3 heteroatoms. The first-order valence-corrected chi connectivity index (χ1v) is 9.35. The normalized spacial score (nSPS) is 20.1. The average Bonchev–Trinajstić information content (AvgIpc) is 2.15. The van der Waals surface area contributed by atoms with Crippen LogP contribution >= 0.6 is 0 Å². The minimum atomic E-state index is -0.968. The van der Waals surface area contributed by atoms with Crippen molar-refractivity contribution in [2.24, 2.45) is 0 Å². The fourth-order valence-electron chi connectivity index (χ4n) is 2.13. The van der Waals surface area contributed by atoms with Gasteiger partial charge in [0.25, 0.3) is 0 Å². The maximum atomic E-state index is 3.63. The highest BCUT2D eigenvalue weighted by molar-refractivity contribution is 6.76. The summed E-state index contributed by atoms with van der Waals surface area (Å²) in [6.07, 6.45) is 0. The van der Waals surface area contributed by atoms with E-state index in [2.05, 4.69) is 54.5 Å². The molecule has 0 bridgehead atoms. The number of hydrogen-bond donors (Lipinski definition) is 2. The molecule has 0 radical (unpaired) electrons. The van der Waals surface area contributed by atoms with Crippen LogP contribution in [0.25, 0.3) is 0 Å². The van der Waals surface area contributed by atoms with Gasteiger partial charge in [0.05, 0.1) is 11.4 Å². The van der Waals surface area contributed by atoms with Crippen LogP contribution in [0, 0.1) is 0 Å². The van der Waals surface area contributed by atoms with E-state index in [-0.39, 0.29) is 0 Å². The Morgan fingerprint density at radius 1 is 1.20 bits per heavy atom. The van der Waals surface area contributed by atoms with Gasteiger partial charge in [-0.05, 0) is 18.2 Å². The lowest BCUT2D eigenvalue weighted by atomic mass is 10.2. The lowest BCUT2D eigenvalue weighted by molar-refractivity contribution is 0.802. The molecule has 0 fully saturated rings. The highest BCUT2D eigenvalue weighted by Crippen LogP contribution is 2.27. The van der Waals surface area contributed by atoms with Crippen LogP contribution in [0.5, 0.6) is 0 Å². The molecule has 1 aliphatic heterocycles. The van der Waals surface area contributed by atoms with E-state index in [1.165, 1.54) is 17.4 Å². The number of nitrogens with one attached hydrogen (secondary N) is 2. The van der Waals surface area contributed by atoms with Crippen molar-refractivity contribution in [3.8, 4) is 0 Å². The topological polar surface area (TPSA) is 24.1 Å². The zero-order valence-electron chi connectivity index (χ0n) is 9.80. The number of hydrogen-bond acceptors (Lipinski definition) is 2. The van der Waals surface area contributed by atoms with Crippen molar-refractivity contribution in [2.75, 3.05) is 17.2 Å². The van der Waals surface area contributed by atoms with Crippen LogP contribution in [0.3, 0.4) is 0 Å². The SMILES string of the molecule is C[Si](C)(C)C[C@@H]1CNc2ccccc2N1. The number of benzene rings is 1. The number of rotatable bonds is 2. The van der Waals surface area contributed by atoms with Gasteiger partial charge in [-0.15, -0.1) is 0 Å². The molecule has 0 aromatic heterocycles. The molecule has 1 atom stereocenters. The van der Waals surface area contributed by atoms with Crippen molar-refractivity contribution in [1.29, 1.82) is 0 Å². The molecule has 2 rings (SSSR count). The molecular weight excluding hydrogens is 200 g/mol. The molecule has 82 valence electrons. The summed E-state index contributed by atoms with van der Waals surface area (Å²) < 4.78 is 0. The zero-order valence-corrected chi connectivity index (χ0v) is 10.8. The molecule has 0 unspecified atom stereocenters. The second kappa shape index (κ2) is 3.89. The zero-order chi connectivity index (χ0) is 10.9. The van der Waals surface area contributed by atoms with Crippen molar-refractivity contribution >= 4 is 19.4 Å². The van der Waals surface area contributed by atoms with Crippen LogP contribution in [0.1, 0.15) is 0 Å². The van der Waals surface area contributed by atoms with E-state index in [0.717, 1.165) is 6.54 Å². The molecule has 1 heterocycles. The van der Waals surface area contributed by atoms with E-state index < -0.39 is 8.07 Å². The predicted octanol–water partition coefficient (Wildman–Crippen LogP) is 3.23. The molecule has 1 aromatic rings. The number of fused-ring (bicyclic) bond motifs is 1. The number of anilines is 2. The molecule has 0 saturated carbocycles. The van der Waals surface area contributed by atoms with E-state index in [9.17, 15) is 0 Å². The lowest BCUT2D eigenvalue weighted by Crippen LogP contribution is -2.39. The molecule has 0 amide bonds. The average molecular weight is 220 g/mol. The van der Waals surface area contributed by atoms with Crippen LogP contribution in [-0.4, -0.2) is 20.7 Å². The maximum Gasteiger partial charge on any atom is 0.0578 e. The first kappa shape index (κ1) is 10.6. The van der Waals surface area contributed by atoms with Gasteiger partial charge in [0.15, 0.2) is 0 Å². The van der Waals surface area contributed by atoms with Gasteiger partial charge in [-0.3, -0.25) is 0 Å². The van der Waals surface area contributed by atoms with Gasteiger partial charge in [0.1, 0.15) is 0 Å². The Balaban J connectivity index is 2.06. The van der Waals surface area contributed by atoms with Crippen LogP contribution in [0.2, 0.25) is 25.7 Å². The van der Waals surface area contributed by atoms with Crippen molar-refractivity contribution in [1.82, 2.24) is 0 Å². The third-order valence-corrected chi connectivity index (χ3v) is 4.40. The molecule has 1 aliphatic rings. The van der Waals surface area contributed by atoms with Gasteiger partial charge in [0, 0.05) is 20.7 Å². The fourth-order valence-corrected chi connectivity index (χ4v) is 3.85. The van der Waals surface area contributed by atoms with Crippen molar-refractivity contribution in [3.05, 3.63) is 24.3 Å². The molecule has 2 nitrogen and oxygen atoms in total. The van der Waals surface area contributed by atoms with Crippen molar-refractivity contribution < 1.29 is 0 Å². The molecule has 2 N–H and O–H groups in total. The Morgan fingerprint density at radius 3 is 2.53 bits per heavy atom. The third-order valence-electron chi connectivity index (χ3n) is 2.68. The Bertz CT molecular complexity index is 344. The molecule has 1 aromatic carbocycles. The minimum Gasteiger partial charge on any atom is -0.381 e. The maximum absolute atomic E-state index is 3.63. The van der Waals surface area contributed by atoms with Crippen LogP contribution in [-0.2, 0) is 0 Å². The second-order valence-electron chi connectivity index (χ2n) is 5.53. The Labute approximate surface area is 93.1 Å². The predicted molar refractivity (Wildman–Crippen MR) is 70.5 cm³/mol. The summed E-state index contributed by atoms with van der Waals surface area (Å²) in [6.45, 7) is 8.33. The van der Waals surface area contributed by atoms with Gasteiger partial charge in [-0.2, -0.15) is 0 Å². The van der Waals surface area contributed by atoms with E-state index >= 15 is 0 Å². The summed E-state index contributed by atoms with van der Waals surface area (Å²) in [7, 11) is -0.968. The first-order chi connectivity index (χ1) is 7.04. The van der Waals surface area contributed by atoms with Gasteiger partial charge >= 0.3 is 0 Å². The molecular formula is C12H20N2Si. The summed E-state index contributed by atoms with van der Waals surface area (Å²) in [5.74, 6) is 0. The van der Waals surface area contributed by atoms with E-state index in [4.69, 9.17) is 0 Å². The smallest absolute Gasteiger partial charge is 0.0578 e. The largest absolute Gasteiger partial charge is 0.381 e. The van der Waals surface area contributed by atoms with Crippen LogP contribution in [0.4, 0.5) is 11.4 Å². The number of para-hydroxylation sites is 2. The Morgan fingerprint density at radius 2 is 1.87 bits per heavy atom. The Kier molecular flexibility index (Phi) is 2.74. The molecule has 0 saturated heterocycles. The third kappa shape index (κ3) is 2.75. The summed E-state index contributed by atoms with van der Waals surface area (Å²) in [5, 5.41) is 7.12. The van der Waals surface area contributed by atoms with E-state index in [0.29, 0.717) is 6.04 Å². The summed E-state index contributed by atoms with van der Waals surface area (Å²) in [5.41, 5.74) is 2.50. The summed E-state index contributed by atoms with van der Waals surface area (Å²) in [4.78, 5) is 0. The molecule has 15 heavy (non-hydrogen) atoms. The molecule has 0 aliphatic carbocycles. The van der Waals surface area contributed by atoms with Crippen LogP contribution < -0.4 is 10.6 Å². The van der Waals surface area contributed by atoms with Crippen molar-refractivity contribution in [3.63, 3.8) is 0 Å². The lowest BCUT2D eigenvalue weighted by Gasteiger charge is -2.32. The second-order valence-corrected chi connectivity index (χ2v) is 11.1. The fraction of sp³-hybridized carbons (Fsp3) is 0.500. The van der Waals surface area contributed by atoms with E-state index in [1.54, 1.807) is 0 Å². The van der Waals surface area contributed by atoms with Gasteiger partial charge < -0.3 is 10.6 Å². The standard InChI is InChI=1S/C12H20N2Si/c1-15(2,3)9-10-8-13-11-6-4-5-7-12(11)14-10/h4-7,10,13-14H,8-9H2,1-3H3/t10-/m0/s1. The Hall–Kier alpha value is -0.963. The van der Waals surface area contributed by atoms with Gasteiger partial charge in [0.2, 0.25) is 0 Å². The monoisotopic (exact) mass is 220 g/mol. The van der Waals surface area contributed by atoms with Crippen molar-refractivity contribution in [2.45, 2.75) is 31.7 Å². The summed E-state index contributed by atoms with van der Waals surface area (Å²) in [6, 6.07) is 10.4. The van der Waals surface area contributed by atoms with Gasteiger partial charge in [-0.25, -0.2) is 0 Å².